The fourth-order valence-electron chi connectivity index (χ4n) is 3.19. The van der Waals surface area contributed by atoms with Gasteiger partial charge in [0, 0.05) is 37.4 Å². The molecular weight excluding hydrogens is 307 g/mol. The molecule has 1 fully saturated rings. The summed E-state index contributed by atoms with van der Waals surface area (Å²) in [5.74, 6) is -0.193. The molecule has 1 saturated heterocycles. The molecule has 1 aromatic carbocycles. The number of H-pyrrole nitrogens is 1. The number of aromatic nitrogens is 2. The van der Waals surface area contributed by atoms with Gasteiger partial charge in [-0.05, 0) is 44.4 Å². The molecule has 0 amide bonds. The largest absolute Gasteiger partial charge is 0.393 e. The van der Waals surface area contributed by atoms with Crippen molar-refractivity contribution in [2.24, 2.45) is 0 Å². The quantitative estimate of drug-likeness (QED) is 0.787. The number of aromatic amines is 1. The van der Waals surface area contributed by atoms with Crippen molar-refractivity contribution in [3.05, 3.63) is 46.5 Å². The van der Waals surface area contributed by atoms with Crippen molar-refractivity contribution in [3.8, 4) is 0 Å². The van der Waals surface area contributed by atoms with Gasteiger partial charge in [0.05, 0.1) is 17.5 Å². The van der Waals surface area contributed by atoms with Crippen molar-refractivity contribution in [1.82, 2.24) is 15.5 Å². The monoisotopic (exact) mass is 332 g/mol. The number of benzene rings is 1. The maximum absolute atomic E-state index is 14.4. The van der Waals surface area contributed by atoms with Gasteiger partial charge in [0.25, 0.3) is 0 Å². The molecule has 0 atom stereocenters. The molecule has 1 aliphatic heterocycles. The first kappa shape index (κ1) is 16.9. The maximum Gasteiger partial charge on any atom is 0.146 e. The van der Waals surface area contributed by atoms with E-state index in [2.05, 4.69) is 15.5 Å². The number of aryl methyl sites for hydroxylation is 2. The zero-order valence-corrected chi connectivity index (χ0v) is 14.3. The first-order chi connectivity index (χ1) is 11.5. The normalized spacial score (nSPS) is 15.9. The number of halogens is 1. The summed E-state index contributed by atoms with van der Waals surface area (Å²) in [5.41, 5.74) is 4.78. The molecule has 24 heavy (non-hydrogen) atoms. The predicted octanol–water partition coefficient (Wildman–Crippen LogP) is 2.42. The first-order valence-corrected chi connectivity index (χ1v) is 8.47. The first-order valence-electron chi connectivity index (χ1n) is 8.47. The van der Waals surface area contributed by atoms with Gasteiger partial charge in [-0.2, -0.15) is 5.10 Å². The van der Waals surface area contributed by atoms with E-state index in [1.807, 2.05) is 30.9 Å². The number of aliphatic hydroxyl groups is 1. The van der Waals surface area contributed by atoms with E-state index in [1.54, 1.807) is 6.07 Å². The topological polar surface area (TPSA) is 64.2 Å². The fourth-order valence-corrected chi connectivity index (χ4v) is 3.19. The summed E-state index contributed by atoms with van der Waals surface area (Å²) in [6, 6.07) is 5.41. The summed E-state index contributed by atoms with van der Waals surface area (Å²) in [6.45, 7) is 6.70. The Morgan fingerprint density at radius 2 is 2.04 bits per heavy atom. The summed E-state index contributed by atoms with van der Waals surface area (Å²) in [5, 5.41) is 20.1. The zero-order chi connectivity index (χ0) is 17.1. The van der Waals surface area contributed by atoms with E-state index in [0.29, 0.717) is 44.7 Å². The van der Waals surface area contributed by atoms with E-state index in [1.165, 1.54) is 5.56 Å². The Hall–Kier alpha value is -1.92. The highest BCUT2D eigenvalue weighted by Crippen LogP contribution is 2.24. The Labute approximate surface area is 141 Å². The van der Waals surface area contributed by atoms with Crippen LogP contribution in [0.3, 0.4) is 0 Å². The van der Waals surface area contributed by atoms with Crippen LogP contribution < -0.4 is 10.2 Å². The number of rotatable bonds is 5. The Morgan fingerprint density at radius 3 is 2.67 bits per heavy atom. The lowest BCUT2D eigenvalue weighted by atomic mass is 10.1. The Balaban J connectivity index is 1.58. The lowest BCUT2D eigenvalue weighted by Gasteiger charge is -2.31. The number of nitrogens with zero attached hydrogens (tertiary/aromatic N) is 2. The van der Waals surface area contributed by atoms with Gasteiger partial charge in [-0.25, -0.2) is 4.39 Å². The van der Waals surface area contributed by atoms with Crippen LogP contribution in [0.4, 0.5) is 10.1 Å². The van der Waals surface area contributed by atoms with Crippen molar-refractivity contribution in [2.75, 3.05) is 18.0 Å². The molecule has 0 unspecified atom stereocenters. The van der Waals surface area contributed by atoms with E-state index in [0.717, 1.165) is 17.0 Å². The van der Waals surface area contributed by atoms with Gasteiger partial charge in [-0.15, -0.1) is 0 Å². The maximum atomic E-state index is 14.4. The number of hydrogen-bond donors (Lipinski definition) is 3. The SMILES string of the molecule is Cc1n[nH]c(C)c1CNCc1ccc(N2CCC(O)CC2)c(F)c1. The molecule has 0 spiro atoms. The van der Waals surface area contributed by atoms with E-state index >= 15 is 0 Å². The minimum Gasteiger partial charge on any atom is -0.393 e. The van der Waals surface area contributed by atoms with Gasteiger partial charge in [-0.3, -0.25) is 5.10 Å². The lowest BCUT2D eigenvalue weighted by molar-refractivity contribution is 0.145. The second kappa shape index (κ2) is 7.32. The third kappa shape index (κ3) is 3.76. The minimum atomic E-state index is -0.248. The third-order valence-corrected chi connectivity index (χ3v) is 4.73. The molecule has 6 heteroatoms. The van der Waals surface area contributed by atoms with Gasteiger partial charge in [-0.1, -0.05) is 6.07 Å². The number of nitrogens with one attached hydrogen (secondary N) is 2. The van der Waals surface area contributed by atoms with Crippen LogP contribution >= 0.6 is 0 Å². The molecule has 0 bridgehead atoms. The summed E-state index contributed by atoms with van der Waals surface area (Å²) < 4.78 is 14.4. The van der Waals surface area contributed by atoms with Crippen LogP contribution in [0.5, 0.6) is 0 Å². The fraction of sp³-hybridized carbons (Fsp3) is 0.500. The Morgan fingerprint density at radius 1 is 1.29 bits per heavy atom. The van der Waals surface area contributed by atoms with Crippen LogP contribution in [0, 0.1) is 19.7 Å². The number of hydrogen-bond acceptors (Lipinski definition) is 4. The smallest absolute Gasteiger partial charge is 0.146 e. The van der Waals surface area contributed by atoms with Crippen LogP contribution in [0.1, 0.15) is 35.4 Å². The second-order valence-corrected chi connectivity index (χ2v) is 6.52. The molecule has 1 aliphatic rings. The molecule has 0 aliphatic carbocycles. The second-order valence-electron chi connectivity index (χ2n) is 6.52. The molecule has 3 N–H and O–H groups in total. The van der Waals surface area contributed by atoms with Crippen molar-refractivity contribution >= 4 is 5.69 Å². The van der Waals surface area contributed by atoms with E-state index in [9.17, 15) is 9.50 Å². The van der Waals surface area contributed by atoms with Crippen molar-refractivity contribution in [2.45, 2.75) is 45.9 Å². The molecule has 130 valence electrons. The summed E-state index contributed by atoms with van der Waals surface area (Å²) >= 11 is 0. The van der Waals surface area contributed by atoms with Gasteiger partial charge < -0.3 is 15.3 Å². The van der Waals surface area contributed by atoms with Crippen LogP contribution in [0.25, 0.3) is 0 Å². The van der Waals surface area contributed by atoms with Gasteiger partial charge in [0.2, 0.25) is 0 Å². The van der Waals surface area contributed by atoms with E-state index < -0.39 is 0 Å². The highest BCUT2D eigenvalue weighted by atomic mass is 19.1. The highest BCUT2D eigenvalue weighted by Gasteiger charge is 2.19. The van der Waals surface area contributed by atoms with E-state index in [4.69, 9.17) is 0 Å². The third-order valence-electron chi connectivity index (χ3n) is 4.73. The molecule has 5 nitrogen and oxygen atoms in total. The summed E-state index contributed by atoms with van der Waals surface area (Å²) in [4.78, 5) is 2.01. The zero-order valence-electron chi connectivity index (χ0n) is 14.3. The molecule has 0 radical (unpaired) electrons. The molecular formula is C18H25FN4O. The summed E-state index contributed by atoms with van der Waals surface area (Å²) in [6.07, 6.45) is 1.15. The average Bonchev–Trinajstić information content (AvgIpc) is 2.88. The number of aliphatic hydroxyl groups excluding tert-OH is 1. The van der Waals surface area contributed by atoms with Crippen LogP contribution in [0.15, 0.2) is 18.2 Å². The number of anilines is 1. The highest BCUT2D eigenvalue weighted by molar-refractivity contribution is 5.49. The molecule has 2 heterocycles. The van der Waals surface area contributed by atoms with E-state index in [-0.39, 0.29) is 11.9 Å². The van der Waals surface area contributed by atoms with Crippen LogP contribution in [0.2, 0.25) is 0 Å². The van der Waals surface area contributed by atoms with Crippen LogP contribution in [-0.4, -0.2) is 34.5 Å². The van der Waals surface area contributed by atoms with Crippen molar-refractivity contribution in [1.29, 1.82) is 0 Å². The number of piperidine rings is 1. The van der Waals surface area contributed by atoms with Crippen LogP contribution in [-0.2, 0) is 13.1 Å². The molecule has 3 rings (SSSR count). The molecule has 2 aromatic rings. The molecule has 1 aromatic heterocycles. The average molecular weight is 332 g/mol. The Bertz CT molecular complexity index is 673. The standard InChI is InChI=1S/C18H25FN4O/c1-12-16(13(2)22-21-12)11-20-10-14-3-4-18(17(19)9-14)23-7-5-15(24)6-8-23/h3-4,9,15,20,24H,5-8,10-11H2,1-2H3,(H,21,22). The molecule has 0 saturated carbocycles. The Kier molecular flexibility index (Phi) is 5.16. The lowest BCUT2D eigenvalue weighted by Crippen LogP contribution is -2.36. The predicted molar refractivity (Wildman–Crippen MR) is 92.5 cm³/mol. The van der Waals surface area contributed by atoms with Crippen molar-refractivity contribution < 1.29 is 9.50 Å². The minimum absolute atomic E-state index is 0.193. The van der Waals surface area contributed by atoms with Crippen molar-refractivity contribution in [3.63, 3.8) is 0 Å². The van der Waals surface area contributed by atoms with Gasteiger partial charge in [0.1, 0.15) is 5.82 Å². The summed E-state index contributed by atoms with van der Waals surface area (Å²) in [7, 11) is 0. The van der Waals surface area contributed by atoms with Gasteiger partial charge >= 0.3 is 0 Å². The van der Waals surface area contributed by atoms with Gasteiger partial charge in [0.15, 0.2) is 0 Å².